The first-order chi connectivity index (χ1) is 5.95. The molecule has 0 radical (unpaired) electrons. The van der Waals surface area contributed by atoms with Gasteiger partial charge in [-0.05, 0) is 29.9 Å². The van der Waals surface area contributed by atoms with Crippen LogP contribution in [0.2, 0.25) is 0 Å². The minimum atomic E-state index is 0.751. The second kappa shape index (κ2) is 2.22. The van der Waals surface area contributed by atoms with Crippen LogP contribution < -0.4 is 0 Å². The monoisotopic (exact) mass is 156 g/mol. The molecule has 0 fully saturated rings. The third-order valence-electron chi connectivity index (χ3n) is 3.19. The van der Waals surface area contributed by atoms with E-state index in [0.717, 1.165) is 11.8 Å². The minimum Gasteiger partial charge on any atom is -0.0876 e. The molecule has 0 heterocycles. The van der Waals surface area contributed by atoms with Crippen LogP contribution in [0.15, 0.2) is 36.4 Å². The summed E-state index contributed by atoms with van der Waals surface area (Å²) in [6.45, 7) is 0. The van der Waals surface area contributed by atoms with Crippen LogP contribution in [-0.4, -0.2) is 0 Å². The molecule has 2 aliphatic carbocycles. The van der Waals surface area contributed by atoms with Gasteiger partial charge in [-0.25, -0.2) is 0 Å². The molecule has 1 aromatic carbocycles. The molecule has 0 saturated carbocycles. The predicted octanol–water partition coefficient (Wildman–Crippen LogP) is 2.90. The first kappa shape index (κ1) is 6.47. The zero-order valence-electron chi connectivity index (χ0n) is 7.03. The van der Waals surface area contributed by atoms with Gasteiger partial charge in [-0.1, -0.05) is 36.4 Å². The number of hydrogen-bond acceptors (Lipinski definition) is 0. The zero-order valence-corrected chi connectivity index (χ0v) is 7.03. The van der Waals surface area contributed by atoms with Crippen molar-refractivity contribution in [3.8, 4) is 0 Å². The van der Waals surface area contributed by atoms with Crippen molar-refractivity contribution in [2.24, 2.45) is 5.92 Å². The van der Waals surface area contributed by atoms with E-state index in [2.05, 4.69) is 36.4 Å². The summed E-state index contributed by atoms with van der Waals surface area (Å²) in [5.74, 6) is 1.64. The second-order valence-corrected chi connectivity index (χ2v) is 3.85. The molecule has 0 amide bonds. The van der Waals surface area contributed by atoms with Crippen molar-refractivity contribution in [2.75, 3.05) is 0 Å². The van der Waals surface area contributed by atoms with Gasteiger partial charge in [0.05, 0.1) is 0 Å². The summed E-state index contributed by atoms with van der Waals surface area (Å²) >= 11 is 0. The van der Waals surface area contributed by atoms with Gasteiger partial charge in [-0.3, -0.25) is 0 Å². The van der Waals surface area contributed by atoms with Crippen LogP contribution in [0.3, 0.4) is 0 Å². The van der Waals surface area contributed by atoms with Gasteiger partial charge in [0.15, 0.2) is 0 Å². The molecule has 0 aliphatic heterocycles. The molecule has 0 bridgehead atoms. The van der Waals surface area contributed by atoms with Gasteiger partial charge in [0.25, 0.3) is 0 Å². The molecule has 2 aliphatic rings. The summed E-state index contributed by atoms with van der Waals surface area (Å²) in [7, 11) is 0. The van der Waals surface area contributed by atoms with Crippen molar-refractivity contribution in [1.82, 2.24) is 0 Å². The molecule has 0 nitrogen and oxygen atoms in total. The van der Waals surface area contributed by atoms with Crippen LogP contribution in [0.4, 0.5) is 0 Å². The number of hydrogen-bond donors (Lipinski definition) is 0. The fourth-order valence-electron chi connectivity index (χ4n) is 2.60. The lowest BCUT2D eigenvalue weighted by molar-refractivity contribution is 0.553. The minimum absolute atomic E-state index is 0.751. The summed E-state index contributed by atoms with van der Waals surface area (Å²) in [5.41, 5.74) is 3.16. The molecular formula is C12H12. The first-order valence-corrected chi connectivity index (χ1v) is 4.69. The van der Waals surface area contributed by atoms with Crippen molar-refractivity contribution in [3.63, 3.8) is 0 Å². The number of fused-ring (bicyclic) bond motifs is 3. The highest BCUT2D eigenvalue weighted by Gasteiger charge is 2.31. The van der Waals surface area contributed by atoms with Crippen molar-refractivity contribution in [3.05, 3.63) is 47.5 Å². The standard InChI is InChI=1S/C12H12/c1-2-6-11-9(4-1)8-10-5-3-7-12(10)11/h1-4,6-7,10,12H,5,8H2. The average molecular weight is 156 g/mol. The Morgan fingerprint density at radius 3 is 3.08 bits per heavy atom. The highest BCUT2D eigenvalue weighted by molar-refractivity contribution is 5.40. The molecule has 60 valence electrons. The Hall–Kier alpha value is -1.04. The maximum atomic E-state index is 2.39. The van der Waals surface area contributed by atoms with Crippen LogP contribution in [0.1, 0.15) is 23.5 Å². The van der Waals surface area contributed by atoms with Crippen LogP contribution >= 0.6 is 0 Å². The summed E-state index contributed by atoms with van der Waals surface area (Å²) < 4.78 is 0. The Balaban J connectivity index is 2.14. The molecule has 0 aromatic heterocycles. The highest BCUT2D eigenvalue weighted by atomic mass is 14.4. The van der Waals surface area contributed by atoms with E-state index in [9.17, 15) is 0 Å². The van der Waals surface area contributed by atoms with Crippen LogP contribution in [0.5, 0.6) is 0 Å². The van der Waals surface area contributed by atoms with Gasteiger partial charge in [-0.2, -0.15) is 0 Å². The SMILES string of the molecule is C1=CC2c3ccccc3CC2C1. The topological polar surface area (TPSA) is 0 Å². The van der Waals surface area contributed by atoms with Gasteiger partial charge in [-0.15, -0.1) is 0 Å². The summed E-state index contributed by atoms with van der Waals surface area (Å²) in [4.78, 5) is 0. The Labute approximate surface area is 72.9 Å². The molecule has 1 aromatic rings. The van der Waals surface area contributed by atoms with E-state index < -0.39 is 0 Å². The molecule has 2 atom stereocenters. The normalized spacial score (nSPS) is 30.3. The fourth-order valence-corrected chi connectivity index (χ4v) is 2.60. The van der Waals surface area contributed by atoms with E-state index in [1.165, 1.54) is 12.8 Å². The van der Waals surface area contributed by atoms with Crippen molar-refractivity contribution >= 4 is 0 Å². The molecule has 12 heavy (non-hydrogen) atoms. The van der Waals surface area contributed by atoms with Crippen LogP contribution in [-0.2, 0) is 6.42 Å². The molecule has 0 saturated heterocycles. The van der Waals surface area contributed by atoms with Gasteiger partial charge in [0, 0.05) is 5.92 Å². The molecule has 3 rings (SSSR count). The Kier molecular flexibility index (Phi) is 1.20. The lowest BCUT2D eigenvalue weighted by Crippen LogP contribution is -1.97. The number of allylic oxidation sites excluding steroid dienone is 2. The highest BCUT2D eigenvalue weighted by Crippen LogP contribution is 2.43. The zero-order chi connectivity index (χ0) is 7.97. The van der Waals surface area contributed by atoms with Gasteiger partial charge in [0.2, 0.25) is 0 Å². The summed E-state index contributed by atoms with van der Waals surface area (Å²) in [5, 5.41) is 0. The number of rotatable bonds is 0. The first-order valence-electron chi connectivity index (χ1n) is 4.69. The molecule has 2 unspecified atom stereocenters. The van der Waals surface area contributed by atoms with Gasteiger partial charge in [0.1, 0.15) is 0 Å². The summed E-state index contributed by atoms with van der Waals surface area (Å²) in [6.07, 6.45) is 7.31. The van der Waals surface area contributed by atoms with Gasteiger partial charge < -0.3 is 0 Å². The van der Waals surface area contributed by atoms with Crippen LogP contribution in [0, 0.1) is 5.92 Å². The average Bonchev–Trinajstić information content (AvgIpc) is 2.62. The van der Waals surface area contributed by atoms with Crippen LogP contribution in [0.25, 0.3) is 0 Å². The van der Waals surface area contributed by atoms with E-state index in [1.54, 1.807) is 11.1 Å². The second-order valence-electron chi connectivity index (χ2n) is 3.85. The summed E-state index contributed by atoms with van der Waals surface area (Å²) in [6, 6.07) is 8.88. The predicted molar refractivity (Wildman–Crippen MR) is 50.1 cm³/mol. The Morgan fingerprint density at radius 2 is 2.08 bits per heavy atom. The lowest BCUT2D eigenvalue weighted by atomic mass is 9.96. The largest absolute Gasteiger partial charge is 0.0876 e. The lowest BCUT2D eigenvalue weighted by Gasteiger charge is -2.07. The third kappa shape index (κ3) is 0.726. The number of benzene rings is 1. The molecule has 0 spiro atoms. The van der Waals surface area contributed by atoms with Crippen molar-refractivity contribution < 1.29 is 0 Å². The third-order valence-corrected chi connectivity index (χ3v) is 3.19. The molecule has 0 heteroatoms. The fraction of sp³-hybridized carbons (Fsp3) is 0.333. The van der Waals surface area contributed by atoms with E-state index in [1.807, 2.05) is 0 Å². The molecular weight excluding hydrogens is 144 g/mol. The van der Waals surface area contributed by atoms with E-state index >= 15 is 0 Å². The maximum Gasteiger partial charge on any atom is 0.00551 e. The molecule has 0 N–H and O–H groups in total. The van der Waals surface area contributed by atoms with Crippen molar-refractivity contribution in [1.29, 1.82) is 0 Å². The smallest absolute Gasteiger partial charge is 0.00551 e. The Bertz CT molecular complexity index is 336. The van der Waals surface area contributed by atoms with Crippen molar-refractivity contribution in [2.45, 2.75) is 18.8 Å². The van der Waals surface area contributed by atoms with E-state index in [-0.39, 0.29) is 0 Å². The van der Waals surface area contributed by atoms with E-state index in [4.69, 9.17) is 0 Å². The Morgan fingerprint density at radius 1 is 1.17 bits per heavy atom. The van der Waals surface area contributed by atoms with E-state index in [0.29, 0.717) is 0 Å². The quantitative estimate of drug-likeness (QED) is 0.507. The van der Waals surface area contributed by atoms with Gasteiger partial charge >= 0.3 is 0 Å². The maximum absolute atomic E-state index is 2.39.